The fraction of sp³-hybridized carbons (Fsp3) is 0.231. The third-order valence-corrected chi connectivity index (χ3v) is 11.5. The van der Waals surface area contributed by atoms with E-state index >= 15 is 0 Å². The van der Waals surface area contributed by atoms with Crippen LogP contribution in [0.15, 0.2) is 101 Å². The van der Waals surface area contributed by atoms with Crippen LogP contribution in [0.2, 0.25) is 0 Å². The Morgan fingerprint density at radius 1 is 0.690 bits per heavy atom. The SMILES string of the molecule is O=P(CC([Se]c1ccccc1)=C1CCCCC1)(c1ccccc1)c1ccccc1. The van der Waals surface area contributed by atoms with Gasteiger partial charge in [0.05, 0.1) is 0 Å². The summed E-state index contributed by atoms with van der Waals surface area (Å²) in [7, 11) is -2.73. The first kappa shape index (κ1) is 20.4. The van der Waals surface area contributed by atoms with Gasteiger partial charge in [0.25, 0.3) is 0 Å². The van der Waals surface area contributed by atoms with Gasteiger partial charge in [-0.3, -0.25) is 0 Å². The summed E-state index contributed by atoms with van der Waals surface area (Å²) in [6, 6.07) is 31.0. The monoisotopic (exact) mass is 466 g/mol. The Kier molecular flexibility index (Phi) is 6.88. The molecule has 3 aromatic rings. The van der Waals surface area contributed by atoms with Crippen molar-refractivity contribution in [2.75, 3.05) is 6.16 Å². The molecule has 0 heterocycles. The Morgan fingerprint density at radius 2 is 1.17 bits per heavy atom. The second kappa shape index (κ2) is 9.77. The summed E-state index contributed by atoms with van der Waals surface area (Å²) in [5.74, 6) is 0. The summed E-state index contributed by atoms with van der Waals surface area (Å²) in [6.07, 6.45) is 6.88. The van der Waals surface area contributed by atoms with Gasteiger partial charge in [-0.05, 0) is 0 Å². The van der Waals surface area contributed by atoms with E-state index in [0.29, 0.717) is 6.16 Å². The molecule has 0 spiro atoms. The van der Waals surface area contributed by atoms with Crippen LogP contribution in [0.4, 0.5) is 0 Å². The van der Waals surface area contributed by atoms with Crippen LogP contribution in [0.5, 0.6) is 0 Å². The van der Waals surface area contributed by atoms with Crippen LogP contribution in [-0.2, 0) is 4.57 Å². The van der Waals surface area contributed by atoms with Gasteiger partial charge in [-0.15, -0.1) is 0 Å². The molecule has 1 saturated carbocycles. The van der Waals surface area contributed by atoms with E-state index in [2.05, 4.69) is 30.3 Å². The third-order valence-electron chi connectivity index (χ3n) is 5.55. The summed E-state index contributed by atoms with van der Waals surface area (Å²) in [5, 5.41) is 1.95. The van der Waals surface area contributed by atoms with Gasteiger partial charge < -0.3 is 0 Å². The summed E-state index contributed by atoms with van der Waals surface area (Å²) in [5.41, 5.74) is 1.58. The molecule has 0 radical (unpaired) electrons. The molecule has 3 aromatic carbocycles. The molecule has 29 heavy (non-hydrogen) atoms. The molecule has 0 aliphatic heterocycles. The number of hydrogen-bond acceptors (Lipinski definition) is 1. The molecule has 3 heteroatoms. The molecule has 0 bridgehead atoms. The van der Waals surface area contributed by atoms with Crippen LogP contribution in [0.1, 0.15) is 32.1 Å². The predicted molar refractivity (Wildman–Crippen MR) is 127 cm³/mol. The van der Waals surface area contributed by atoms with Crippen LogP contribution in [0.3, 0.4) is 0 Å². The average molecular weight is 465 g/mol. The maximum atomic E-state index is 14.6. The van der Waals surface area contributed by atoms with Crippen molar-refractivity contribution in [3.05, 3.63) is 101 Å². The Balaban J connectivity index is 1.77. The van der Waals surface area contributed by atoms with Gasteiger partial charge in [-0.2, -0.15) is 0 Å². The van der Waals surface area contributed by atoms with Crippen molar-refractivity contribution in [1.82, 2.24) is 0 Å². The second-order valence-electron chi connectivity index (χ2n) is 7.57. The number of rotatable bonds is 6. The van der Waals surface area contributed by atoms with Crippen LogP contribution >= 0.6 is 7.14 Å². The van der Waals surface area contributed by atoms with Gasteiger partial charge >= 0.3 is 181 Å². The molecular weight excluding hydrogens is 438 g/mol. The first-order valence-electron chi connectivity index (χ1n) is 10.4. The molecule has 0 saturated heterocycles. The van der Waals surface area contributed by atoms with E-state index in [4.69, 9.17) is 0 Å². The van der Waals surface area contributed by atoms with E-state index in [9.17, 15) is 4.57 Å². The zero-order chi connectivity index (χ0) is 19.9. The molecule has 4 rings (SSSR count). The number of hydrogen-bond donors (Lipinski definition) is 0. The van der Waals surface area contributed by atoms with Gasteiger partial charge in [0.15, 0.2) is 0 Å². The van der Waals surface area contributed by atoms with Crippen molar-refractivity contribution in [2.45, 2.75) is 32.1 Å². The molecule has 1 aliphatic rings. The third kappa shape index (κ3) is 5.01. The summed E-state index contributed by atoms with van der Waals surface area (Å²) < 4.78 is 17.5. The van der Waals surface area contributed by atoms with E-state index in [1.54, 1.807) is 5.57 Å². The molecule has 0 aromatic heterocycles. The summed E-state index contributed by atoms with van der Waals surface area (Å²) >= 11 is 0.215. The molecule has 0 amide bonds. The van der Waals surface area contributed by atoms with E-state index < -0.39 is 7.14 Å². The van der Waals surface area contributed by atoms with E-state index in [1.165, 1.54) is 41.0 Å². The first-order chi connectivity index (χ1) is 14.3. The van der Waals surface area contributed by atoms with E-state index in [1.807, 2.05) is 60.7 Å². The van der Waals surface area contributed by atoms with Gasteiger partial charge in [-0.25, -0.2) is 0 Å². The fourth-order valence-corrected chi connectivity index (χ4v) is 10.1. The zero-order valence-electron chi connectivity index (χ0n) is 16.7. The van der Waals surface area contributed by atoms with Crippen molar-refractivity contribution in [3.8, 4) is 0 Å². The van der Waals surface area contributed by atoms with E-state index in [-0.39, 0.29) is 15.0 Å². The van der Waals surface area contributed by atoms with Crippen molar-refractivity contribution >= 4 is 37.2 Å². The average Bonchev–Trinajstić information content (AvgIpc) is 2.81. The quantitative estimate of drug-likeness (QED) is 0.359. The molecular formula is C26H27OPSe. The van der Waals surface area contributed by atoms with Gasteiger partial charge in [-0.1, -0.05) is 0 Å². The Labute approximate surface area is 180 Å². The first-order valence-corrected chi connectivity index (χ1v) is 14.0. The van der Waals surface area contributed by atoms with Gasteiger partial charge in [0, 0.05) is 0 Å². The van der Waals surface area contributed by atoms with Crippen molar-refractivity contribution < 1.29 is 4.57 Å². The van der Waals surface area contributed by atoms with Gasteiger partial charge in [0.2, 0.25) is 0 Å². The molecule has 0 N–H and O–H groups in total. The van der Waals surface area contributed by atoms with Crippen molar-refractivity contribution in [3.63, 3.8) is 0 Å². The zero-order valence-corrected chi connectivity index (χ0v) is 19.3. The molecule has 1 fully saturated rings. The Hall–Kier alpha value is -1.85. The van der Waals surface area contributed by atoms with Crippen molar-refractivity contribution in [2.24, 2.45) is 0 Å². The predicted octanol–water partition coefficient (Wildman–Crippen LogP) is 5.25. The van der Waals surface area contributed by atoms with Crippen LogP contribution < -0.4 is 15.1 Å². The number of benzene rings is 3. The molecule has 1 nitrogen and oxygen atoms in total. The molecule has 0 unspecified atom stereocenters. The van der Waals surface area contributed by atoms with Crippen LogP contribution in [0, 0.1) is 0 Å². The molecule has 148 valence electrons. The second-order valence-corrected chi connectivity index (χ2v) is 12.9. The summed E-state index contributed by atoms with van der Waals surface area (Å²) in [6.45, 7) is 0. The molecule has 0 atom stereocenters. The van der Waals surface area contributed by atoms with Crippen LogP contribution in [-0.4, -0.2) is 21.1 Å². The topological polar surface area (TPSA) is 17.1 Å². The van der Waals surface area contributed by atoms with Crippen molar-refractivity contribution in [1.29, 1.82) is 0 Å². The Morgan fingerprint density at radius 3 is 1.69 bits per heavy atom. The maximum absolute atomic E-state index is 14.6. The van der Waals surface area contributed by atoms with Gasteiger partial charge in [0.1, 0.15) is 0 Å². The normalized spacial score (nSPS) is 14.6. The standard InChI is InChI=1S/C26H27OPSe/c27-28(23-15-7-2-8-16-23,24-17-9-3-10-18-24)21-26(22-13-5-1-6-14-22)29-25-19-11-4-12-20-25/h2-4,7-12,15-20H,1,5-6,13-14,21H2. The fourth-order valence-electron chi connectivity index (χ4n) is 3.98. The number of allylic oxidation sites excluding steroid dienone is 2. The summed E-state index contributed by atoms with van der Waals surface area (Å²) in [4.78, 5) is 0. The van der Waals surface area contributed by atoms with Crippen LogP contribution in [0.25, 0.3) is 0 Å². The van der Waals surface area contributed by atoms with E-state index in [0.717, 1.165) is 10.6 Å². The molecule has 1 aliphatic carbocycles. The minimum absolute atomic E-state index is 0.215. The Bertz CT molecular complexity index is 945. The minimum atomic E-state index is -2.73.